The predicted molar refractivity (Wildman–Crippen MR) is 91.4 cm³/mol. The fourth-order valence-corrected chi connectivity index (χ4v) is 2.41. The monoisotopic (exact) mass is 370 g/mol. The van der Waals surface area contributed by atoms with Gasteiger partial charge in [-0.2, -0.15) is 0 Å². The van der Waals surface area contributed by atoms with Gasteiger partial charge in [-0.3, -0.25) is 0 Å². The molecule has 0 fully saturated rings. The van der Waals surface area contributed by atoms with E-state index >= 15 is 0 Å². The lowest BCUT2D eigenvalue weighted by atomic mass is 10.0. The number of hydrogen-bond acceptors (Lipinski definition) is 6. The molecule has 0 saturated heterocycles. The third-order valence-electron chi connectivity index (χ3n) is 3.32. The number of aromatic nitrogens is 1. The van der Waals surface area contributed by atoms with Crippen molar-refractivity contribution in [2.75, 3.05) is 25.0 Å². The fraction of sp³-hybridized carbons (Fsp3) is 0.600. The van der Waals surface area contributed by atoms with Gasteiger partial charge in [0.25, 0.3) is 0 Å². The molecule has 1 aliphatic rings. The molecule has 122 valence electrons. The molecule has 1 aromatic heterocycles. The van der Waals surface area contributed by atoms with E-state index < -0.39 is 6.10 Å². The highest BCUT2D eigenvalue weighted by atomic mass is 79.9. The summed E-state index contributed by atoms with van der Waals surface area (Å²) in [6.45, 7) is 7.46. The lowest BCUT2D eigenvalue weighted by Gasteiger charge is -2.20. The summed E-state index contributed by atoms with van der Waals surface area (Å²) in [7, 11) is 0. The molecule has 0 saturated carbocycles. The van der Waals surface area contributed by atoms with Crippen LogP contribution in [0.15, 0.2) is 15.7 Å². The van der Waals surface area contributed by atoms with E-state index in [0.29, 0.717) is 12.6 Å². The van der Waals surface area contributed by atoms with E-state index in [4.69, 9.17) is 4.84 Å². The van der Waals surface area contributed by atoms with Gasteiger partial charge in [0, 0.05) is 35.6 Å². The Balaban J connectivity index is 1.98. The van der Waals surface area contributed by atoms with Crippen LogP contribution in [0.4, 0.5) is 5.82 Å². The topological polar surface area (TPSA) is 78.8 Å². The van der Waals surface area contributed by atoms with Crippen LogP contribution in [0.5, 0.6) is 0 Å². The molecule has 3 N–H and O–H groups in total. The predicted octanol–water partition coefficient (Wildman–Crippen LogP) is 2.05. The smallest absolute Gasteiger partial charge is 0.144 e. The Kier molecular flexibility index (Phi) is 6.16. The molecule has 1 aromatic rings. The van der Waals surface area contributed by atoms with E-state index in [2.05, 4.69) is 36.7 Å². The molecule has 1 atom stereocenters. The van der Waals surface area contributed by atoms with E-state index in [1.54, 1.807) is 0 Å². The first-order valence-electron chi connectivity index (χ1n) is 7.49. The van der Waals surface area contributed by atoms with Crippen molar-refractivity contribution in [2.45, 2.75) is 39.3 Å². The van der Waals surface area contributed by atoms with Crippen LogP contribution in [0.1, 0.15) is 31.5 Å². The number of fused-ring (bicyclic) bond motifs is 1. The lowest BCUT2D eigenvalue weighted by Crippen LogP contribution is -2.34. The van der Waals surface area contributed by atoms with Crippen molar-refractivity contribution in [1.29, 1.82) is 0 Å². The molecule has 7 heteroatoms. The van der Waals surface area contributed by atoms with Crippen LogP contribution in [-0.4, -0.2) is 47.6 Å². The van der Waals surface area contributed by atoms with Gasteiger partial charge in [-0.1, -0.05) is 19.0 Å². The molecule has 2 heterocycles. The molecule has 0 amide bonds. The minimum Gasteiger partial charge on any atom is -0.393 e. The van der Waals surface area contributed by atoms with E-state index in [9.17, 15) is 5.11 Å². The molecular weight excluding hydrogens is 348 g/mol. The van der Waals surface area contributed by atoms with Gasteiger partial charge < -0.3 is 20.6 Å². The Bertz CT molecular complexity index is 549. The summed E-state index contributed by atoms with van der Waals surface area (Å²) in [5, 5.41) is 20.4. The SMILES string of the molecule is Cc1nc2c(cc1Br)/C(=N/OC[C@@H](O)CNC(C)C)CCN2. The lowest BCUT2D eigenvalue weighted by molar-refractivity contribution is 0.0392. The number of halogens is 1. The molecule has 0 bridgehead atoms. The summed E-state index contributed by atoms with van der Waals surface area (Å²) >= 11 is 3.49. The number of aliphatic hydroxyl groups excluding tert-OH is 1. The normalized spacial score (nSPS) is 17.3. The van der Waals surface area contributed by atoms with Gasteiger partial charge in [-0.05, 0) is 28.9 Å². The average molecular weight is 371 g/mol. The highest BCUT2D eigenvalue weighted by Gasteiger charge is 2.19. The minimum atomic E-state index is -0.573. The highest BCUT2D eigenvalue weighted by molar-refractivity contribution is 9.10. The highest BCUT2D eigenvalue weighted by Crippen LogP contribution is 2.26. The van der Waals surface area contributed by atoms with Gasteiger partial charge in [0.05, 0.1) is 11.4 Å². The number of aliphatic hydroxyl groups is 1. The number of anilines is 1. The fourth-order valence-electron chi connectivity index (χ4n) is 2.10. The maximum Gasteiger partial charge on any atom is 0.144 e. The summed E-state index contributed by atoms with van der Waals surface area (Å²) in [5.74, 6) is 0.830. The van der Waals surface area contributed by atoms with E-state index in [1.165, 1.54) is 0 Å². The van der Waals surface area contributed by atoms with Crippen molar-refractivity contribution in [3.8, 4) is 0 Å². The van der Waals surface area contributed by atoms with Crippen LogP contribution < -0.4 is 10.6 Å². The average Bonchev–Trinajstić information content (AvgIpc) is 2.47. The first-order chi connectivity index (χ1) is 10.5. The van der Waals surface area contributed by atoms with Gasteiger partial charge in [0.1, 0.15) is 18.5 Å². The van der Waals surface area contributed by atoms with Crippen molar-refractivity contribution in [3.63, 3.8) is 0 Å². The molecule has 0 unspecified atom stereocenters. The van der Waals surface area contributed by atoms with Gasteiger partial charge in [-0.25, -0.2) is 4.98 Å². The second-order valence-corrected chi connectivity index (χ2v) is 6.53. The molecule has 0 aliphatic carbocycles. The number of rotatable bonds is 6. The molecule has 1 aliphatic heterocycles. The zero-order chi connectivity index (χ0) is 16.1. The van der Waals surface area contributed by atoms with Gasteiger partial charge in [-0.15, -0.1) is 0 Å². The summed E-state index contributed by atoms with van der Waals surface area (Å²) in [5.41, 5.74) is 2.73. The van der Waals surface area contributed by atoms with Crippen LogP contribution in [-0.2, 0) is 4.84 Å². The largest absolute Gasteiger partial charge is 0.393 e. The summed E-state index contributed by atoms with van der Waals surface area (Å²) in [6, 6.07) is 2.34. The standard InChI is InChI=1S/C15H23BrN4O2/c1-9(2)18-7-11(21)8-22-20-14-4-5-17-15-12(14)6-13(16)10(3)19-15/h6,9,11,18,21H,4-5,7-8H2,1-3H3,(H,17,19)/b20-14+/t11-/m0/s1. The van der Waals surface area contributed by atoms with Crippen molar-refractivity contribution in [3.05, 3.63) is 21.8 Å². The van der Waals surface area contributed by atoms with Crippen molar-refractivity contribution in [1.82, 2.24) is 10.3 Å². The first-order valence-corrected chi connectivity index (χ1v) is 8.28. The summed E-state index contributed by atoms with van der Waals surface area (Å²) in [6.07, 6.45) is 0.195. The third kappa shape index (κ3) is 4.66. The van der Waals surface area contributed by atoms with Gasteiger partial charge in [0.15, 0.2) is 0 Å². The molecule has 0 radical (unpaired) electrons. The second kappa shape index (κ2) is 7.89. The molecule has 6 nitrogen and oxygen atoms in total. The van der Waals surface area contributed by atoms with E-state index in [1.807, 2.05) is 26.8 Å². The van der Waals surface area contributed by atoms with Gasteiger partial charge in [0.2, 0.25) is 0 Å². The number of aryl methyl sites for hydroxylation is 1. The quantitative estimate of drug-likeness (QED) is 0.667. The minimum absolute atomic E-state index is 0.173. The second-order valence-electron chi connectivity index (χ2n) is 5.68. The van der Waals surface area contributed by atoms with Crippen molar-refractivity contribution in [2.24, 2.45) is 5.16 Å². The third-order valence-corrected chi connectivity index (χ3v) is 4.12. The Labute approximate surface area is 139 Å². The number of nitrogens with one attached hydrogen (secondary N) is 2. The molecular formula is C15H23BrN4O2. The zero-order valence-electron chi connectivity index (χ0n) is 13.2. The van der Waals surface area contributed by atoms with Gasteiger partial charge >= 0.3 is 0 Å². The Morgan fingerprint density at radius 1 is 1.55 bits per heavy atom. The van der Waals surface area contributed by atoms with Crippen LogP contribution >= 0.6 is 15.9 Å². The maximum absolute atomic E-state index is 9.81. The van der Waals surface area contributed by atoms with Crippen LogP contribution in [0.25, 0.3) is 0 Å². The molecule has 0 aromatic carbocycles. The van der Waals surface area contributed by atoms with Crippen LogP contribution in [0.2, 0.25) is 0 Å². The van der Waals surface area contributed by atoms with E-state index in [0.717, 1.165) is 40.2 Å². The number of hydrogen-bond donors (Lipinski definition) is 3. The van der Waals surface area contributed by atoms with Crippen molar-refractivity contribution < 1.29 is 9.94 Å². The number of pyridine rings is 1. The first kappa shape index (κ1) is 17.2. The molecule has 2 rings (SSSR count). The van der Waals surface area contributed by atoms with E-state index in [-0.39, 0.29) is 6.61 Å². The maximum atomic E-state index is 9.81. The summed E-state index contributed by atoms with van der Waals surface area (Å²) in [4.78, 5) is 9.82. The van der Waals surface area contributed by atoms with Crippen molar-refractivity contribution >= 4 is 27.5 Å². The Morgan fingerprint density at radius 3 is 3.05 bits per heavy atom. The van der Waals surface area contributed by atoms with Crippen LogP contribution in [0, 0.1) is 6.92 Å². The zero-order valence-corrected chi connectivity index (χ0v) is 14.8. The molecule has 22 heavy (non-hydrogen) atoms. The Hall–Kier alpha value is -1.18. The number of oxime groups is 1. The van der Waals surface area contributed by atoms with Crippen LogP contribution in [0.3, 0.4) is 0 Å². The molecule has 0 spiro atoms. The Morgan fingerprint density at radius 2 is 2.32 bits per heavy atom. The summed E-state index contributed by atoms with van der Waals surface area (Å²) < 4.78 is 0.948. The number of nitrogens with zero attached hydrogens (tertiary/aromatic N) is 2.